The molecular formula is C17H36N2O2. The minimum atomic E-state index is -0.560. The van der Waals surface area contributed by atoms with E-state index >= 15 is 0 Å². The molecule has 126 valence electrons. The molecule has 0 radical (unpaired) electrons. The third kappa shape index (κ3) is 7.28. The van der Waals surface area contributed by atoms with Crippen LogP contribution < -0.4 is 5.32 Å². The van der Waals surface area contributed by atoms with E-state index in [0.717, 1.165) is 32.5 Å². The van der Waals surface area contributed by atoms with E-state index in [1.54, 1.807) is 0 Å². The van der Waals surface area contributed by atoms with Crippen LogP contribution in [0.2, 0.25) is 0 Å². The van der Waals surface area contributed by atoms with Crippen LogP contribution in [-0.2, 0) is 9.53 Å². The average molecular weight is 300 g/mol. The molecule has 0 aliphatic carbocycles. The highest BCUT2D eigenvalue weighted by Gasteiger charge is 2.32. The smallest absolute Gasteiger partial charge is 0.325 e. The second-order valence-electron chi connectivity index (χ2n) is 6.10. The van der Waals surface area contributed by atoms with Gasteiger partial charge >= 0.3 is 5.97 Å². The first kappa shape index (κ1) is 20.4. The van der Waals surface area contributed by atoms with Crippen LogP contribution in [0.4, 0.5) is 0 Å². The fraction of sp³-hybridized carbons (Fsp3) is 0.941. The first-order valence-electron chi connectivity index (χ1n) is 8.52. The van der Waals surface area contributed by atoms with Crippen molar-refractivity contribution in [2.75, 3.05) is 26.7 Å². The SMILES string of the molecule is CCCCN(CCCC(C)(NCC)C(=O)OC)C(C)CC. The summed E-state index contributed by atoms with van der Waals surface area (Å²) < 4.78 is 4.94. The van der Waals surface area contributed by atoms with Gasteiger partial charge in [0.15, 0.2) is 0 Å². The molecule has 0 spiro atoms. The number of likely N-dealkylation sites (N-methyl/N-ethyl adjacent to an activating group) is 1. The van der Waals surface area contributed by atoms with E-state index in [9.17, 15) is 4.79 Å². The molecule has 0 aromatic rings. The number of hydrogen-bond acceptors (Lipinski definition) is 4. The summed E-state index contributed by atoms with van der Waals surface area (Å²) in [5, 5.41) is 3.28. The van der Waals surface area contributed by atoms with Gasteiger partial charge in [0.1, 0.15) is 5.54 Å². The van der Waals surface area contributed by atoms with Crippen molar-refractivity contribution in [1.29, 1.82) is 0 Å². The molecule has 0 aromatic carbocycles. The summed E-state index contributed by atoms with van der Waals surface area (Å²) in [5.74, 6) is -0.159. The standard InChI is InChI=1S/C17H36N2O2/c1-7-10-13-19(15(4)8-2)14-11-12-17(5,18-9-3)16(20)21-6/h15,18H,7-14H2,1-6H3. The average Bonchev–Trinajstić information content (AvgIpc) is 2.49. The Morgan fingerprint density at radius 2 is 1.86 bits per heavy atom. The van der Waals surface area contributed by atoms with Crippen LogP contribution in [0.1, 0.15) is 66.7 Å². The Balaban J connectivity index is 4.46. The number of hydrogen-bond donors (Lipinski definition) is 1. The van der Waals surface area contributed by atoms with Gasteiger partial charge in [-0.3, -0.25) is 4.79 Å². The van der Waals surface area contributed by atoms with Crippen molar-refractivity contribution in [3.05, 3.63) is 0 Å². The molecule has 2 unspecified atom stereocenters. The molecule has 0 saturated carbocycles. The third-order valence-electron chi connectivity index (χ3n) is 4.34. The van der Waals surface area contributed by atoms with Gasteiger partial charge in [-0.2, -0.15) is 0 Å². The van der Waals surface area contributed by atoms with E-state index < -0.39 is 5.54 Å². The summed E-state index contributed by atoms with van der Waals surface area (Å²) in [4.78, 5) is 14.5. The molecule has 0 aliphatic heterocycles. The summed E-state index contributed by atoms with van der Waals surface area (Å²) in [7, 11) is 1.46. The molecular weight excluding hydrogens is 264 g/mol. The van der Waals surface area contributed by atoms with Crippen LogP contribution in [0.25, 0.3) is 0 Å². The number of unbranched alkanes of at least 4 members (excludes halogenated alkanes) is 1. The summed E-state index contributed by atoms with van der Waals surface area (Å²) in [6.07, 6.45) is 5.46. The number of carbonyl (C=O) groups is 1. The van der Waals surface area contributed by atoms with Crippen molar-refractivity contribution in [2.45, 2.75) is 78.3 Å². The summed E-state index contributed by atoms with van der Waals surface area (Å²) >= 11 is 0. The fourth-order valence-electron chi connectivity index (χ4n) is 2.69. The maximum Gasteiger partial charge on any atom is 0.325 e. The van der Waals surface area contributed by atoms with Gasteiger partial charge in [-0.25, -0.2) is 0 Å². The van der Waals surface area contributed by atoms with Gasteiger partial charge in [-0.05, 0) is 59.2 Å². The molecule has 4 heteroatoms. The quantitative estimate of drug-likeness (QED) is 0.562. The lowest BCUT2D eigenvalue weighted by Gasteiger charge is -2.31. The summed E-state index contributed by atoms with van der Waals surface area (Å²) in [5.41, 5.74) is -0.560. The lowest BCUT2D eigenvalue weighted by molar-refractivity contribution is -0.148. The Bertz CT molecular complexity index is 284. The minimum absolute atomic E-state index is 0.159. The Labute approximate surface area is 131 Å². The highest BCUT2D eigenvalue weighted by Crippen LogP contribution is 2.16. The van der Waals surface area contributed by atoms with E-state index in [1.807, 2.05) is 13.8 Å². The molecule has 0 rings (SSSR count). The highest BCUT2D eigenvalue weighted by atomic mass is 16.5. The van der Waals surface area contributed by atoms with E-state index in [2.05, 4.69) is 31.0 Å². The second-order valence-corrected chi connectivity index (χ2v) is 6.10. The number of rotatable bonds is 12. The van der Waals surface area contributed by atoms with E-state index in [4.69, 9.17) is 4.74 Å². The van der Waals surface area contributed by atoms with Crippen molar-refractivity contribution in [2.24, 2.45) is 0 Å². The van der Waals surface area contributed by atoms with E-state index in [-0.39, 0.29) is 5.97 Å². The van der Waals surface area contributed by atoms with Crippen LogP contribution >= 0.6 is 0 Å². The molecule has 0 heterocycles. The molecule has 0 bridgehead atoms. The van der Waals surface area contributed by atoms with Crippen LogP contribution in [0, 0.1) is 0 Å². The third-order valence-corrected chi connectivity index (χ3v) is 4.34. The highest BCUT2D eigenvalue weighted by molar-refractivity contribution is 5.80. The molecule has 0 fully saturated rings. The largest absolute Gasteiger partial charge is 0.468 e. The van der Waals surface area contributed by atoms with Gasteiger partial charge in [0, 0.05) is 6.04 Å². The molecule has 0 aromatic heterocycles. The number of nitrogens with zero attached hydrogens (tertiary/aromatic N) is 1. The van der Waals surface area contributed by atoms with Gasteiger partial charge in [0.25, 0.3) is 0 Å². The molecule has 4 nitrogen and oxygen atoms in total. The molecule has 2 atom stereocenters. The Morgan fingerprint density at radius 1 is 1.24 bits per heavy atom. The monoisotopic (exact) mass is 300 g/mol. The van der Waals surface area contributed by atoms with Gasteiger partial charge < -0.3 is 15.0 Å². The van der Waals surface area contributed by atoms with Gasteiger partial charge in [0.05, 0.1) is 7.11 Å². The fourth-order valence-corrected chi connectivity index (χ4v) is 2.69. The topological polar surface area (TPSA) is 41.6 Å². The zero-order valence-electron chi connectivity index (χ0n) is 15.0. The normalized spacial score (nSPS) is 15.8. The summed E-state index contributed by atoms with van der Waals surface area (Å²) in [6.45, 7) is 13.7. The van der Waals surface area contributed by atoms with Crippen molar-refractivity contribution < 1.29 is 9.53 Å². The van der Waals surface area contributed by atoms with Gasteiger partial charge in [-0.1, -0.05) is 27.2 Å². The Kier molecular flexibility index (Phi) is 10.7. The number of ether oxygens (including phenoxy) is 1. The predicted molar refractivity (Wildman–Crippen MR) is 89.6 cm³/mol. The second kappa shape index (κ2) is 11.0. The Hall–Kier alpha value is -0.610. The van der Waals surface area contributed by atoms with Crippen LogP contribution in [0.3, 0.4) is 0 Å². The van der Waals surface area contributed by atoms with Crippen molar-refractivity contribution >= 4 is 5.97 Å². The number of methoxy groups -OCH3 is 1. The van der Waals surface area contributed by atoms with Crippen molar-refractivity contribution in [3.63, 3.8) is 0 Å². The first-order valence-corrected chi connectivity index (χ1v) is 8.52. The van der Waals surface area contributed by atoms with Crippen LogP contribution in [0.15, 0.2) is 0 Å². The maximum atomic E-state index is 12.0. The molecule has 21 heavy (non-hydrogen) atoms. The van der Waals surface area contributed by atoms with E-state index in [0.29, 0.717) is 6.04 Å². The first-order chi connectivity index (χ1) is 9.95. The Morgan fingerprint density at radius 3 is 2.33 bits per heavy atom. The van der Waals surface area contributed by atoms with Gasteiger partial charge in [0.2, 0.25) is 0 Å². The van der Waals surface area contributed by atoms with E-state index in [1.165, 1.54) is 26.4 Å². The molecule has 0 amide bonds. The molecule has 0 aliphatic rings. The zero-order valence-corrected chi connectivity index (χ0v) is 15.0. The predicted octanol–water partition coefficient (Wildman–Crippen LogP) is 3.21. The zero-order chi connectivity index (χ0) is 16.3. The van der Waals surface area contributed by atoms with Gasteiger partial charge in [-0.15, -0.1) is 0 Å². The molecule has 0 saturated heterocycles. The summed E-state index contributed by atoms with van der Waals surface area (Å²) in [6, 6.07) is 0.611. The maximum absolute atomic E-state index is 12.0. The van der Waals surface area contributed by atoms with Crippen LogP contribution in [-0.4, -0.2) is 49.2 Å². The minimum Gasteiger partial charge on any atom is -0.468 e. The number of carbonyl (C=O) groups excluding carboxylic acids is 1. The molecule has 1 N–H and O–H groups in total. The number of esters is 1. The number of nitrogens with one attached hydrogen (secondary N) is 1. The van der Waals surface area contributed by atoms with Crippen LogP contribution in [0.5, 0.6) is 0 Å². The lowest BCUT2D eigenvalue weighted by Crippen LogP contribution is -2.50. The van der Waals surface area contributed by atoms with Crippen molar-refractivity contribution in [1.82, 2.24) is 10.2 Å². The lowest BCUT2D eigenvalue weighted by atomic mass is 9.95. The van der Waals surface area contributed by atoms with Crippen molar-refractivity contribution in [3.8, 4) is 0 Å².